The lowest BCUT2D eigenvalue weighted by Gasteiger charge is -2.20. The molecule has 1 aromatic rings. The molecule has 0 aliphatic heterocycles. The van der Waals surface area contributed by atoms with Crippen molar-refractivity contribution in [1.29, 1.82) is 0 Å². The molecular weight excluding hydrogens is 242 g/mol. The summed E-state index contributed by atoms with van der Waals surface area (Å²) in [5.41, 5.74) is -0.932. The molecule has 0 aliphatic rings. The summed E-state index contributed by atoms with van der Waals surface area (Å²) in [5, 5.41) is 9.69. The molecule has 1 aromatic carbocycles. The molecule has 0 aliphatic carbocycles. The van der Waals surface area contributed by atoms with E-state index in [-0.39, 0.29) is 5.56 Å². The van der Waals surface area contributed by atoms with Crippen LogP contribution in [0.25, 0.3) is 0 Å². The third kappa shape index (κ3) is 4.07. The predicted octanol–water partition coefficient (Wildman–Crippen LogP) is 2.73. The van der Waals surface area contributed by atoms with E-state index in [9.17, 15) is 18.7 Å². The molecule has 0 fully saturated rings. The molecule has 0 bridgehead atoms. The molecule has 1 N–H and O–H groups in total. The molecule has 0 saturated heterocycles. The van der Waals surface area contributed by atoms with Crippen LogP contribution in [0.1, 0.15) is 38.9 Å². The van der Waals surface area contributed by atoms with Crippen molar-refractivity contribution < 1.29 is 23.4 Å². The van der Waals surface area contributed by atoms with Crippen molar-refractivity contribution >= 4 is 5.97 Å². The van der Waals surface area contributed by atoms with Gasteiger partial charge >= 0.3 is 5.97 Å². The summed E-state index contributed by atoms with van der Waals surface area (Å²) in [6, 6.07) is 3.44. The first-order valence-corrected chi connectivity index (χ1v) is 5.54. The monoisotopic (exact) mass is 258 g/mol. The minimum Gasteiger partial charge on any atom is -0.460 e. The van der Waals surface area contributed by atoms with Crippen LogP contribution in [0.15, 0.2) is 18.2 Å². The third-order valence-electron chi connectivity index (χ3n) is 2.12. The van der Waals surface area contributed by atoms with Gasteiger partial charge < -0.3 is 9.84 Å². The van der Waals surface area contributed by atoms with E-state index in [4.69, 9.17) is 4.74 Å². The highest BCUT2D eigenvalue weighted by Crippen LogP contribution is 2.23. The smallest absolute Gasteiger partial charge is 0.309 e. The van der Waals surface area contributed by atoms with Crippen molar-refractivity contribution in [2.45, 2.75) is 38.9 Å². The Labute approximate surface area is 104 Å². The molecule has 0 heterocycles. The van der Waals surface area contributed by atoms with Crippen molar-refractivity contribution in [2.75, 3.05) is 0 Å². The van der Waals surface area contributed by atoms with Gasteiger partial charge in [-0.1, -0.05) is 12.1 Å². The van der Waals surface area contributed by atoms with Crippen LogP contribution >= 0.6 is 0 Å². The molecule has 0 saturated carbocycles. The van der Waals surface area contributed by atoms with E-state index in [1.54, 1.807) is 20.8 Å². The van der Waals surface area contributed by atoms with Gasteiger partial charge in [-0.2, -0.15) is 0 Å². The predicted molar refractivity (Wildman–Crippen MR) is 61.8 cm³/mol. The van der Waals surface area contributed by atoms with Crippen LogP contribution in [0.3, 0.4) is 0 Å². The first kappa shape index (κ1) is 14.6. The van der Waals surface area contributed by atoms with Crippen molar-refractivity contribution in [3.63, 3.8) is 0 Å². The molecule has 1 rings (SSSR count). The molecule has 1 atom stereocenters. The summed E-state index contributed by atoms with van der Waals surface area (Å²) < 4.78 is 31.3. The number of benzene rings is 1. The van der Waals surface area contributed by atoms with Gasteiger partial charge in [0.1, 0.15) is 5.60 Å². The van der Waals surface area contributed by atoms with Gasteiger partial charge in [-0.25, -0.2) is 8.78 Å². The normalized spacial score (nSPS) is 13.2. The van der Waals surface area contributed by atoms with E-state index >= 15 is 0 Å². The van der Waals surface area contributed by atoms with Crippen LogP contribution in [-0.2, 0) is 9.53 Å². The van der Waals surface area contributed by atoms with Gasteiger partial charge in [-0.3, -0.25) is 4.79 Å². The lowest BCUT2D eigenvalue weighted by Crippen LogP contribution is -2.25. The summed E-state index contributed by atoms with van der Waals surface area (Å²) in [7, 11) is 0. The first-order valence-electron chi connectivity index (χ1n) is 5.54. The summed E-state index contributed by atoms with van der Waals surface area (Å²) >= 11 is 0. The molecule has 100 valence electrons. The number of carbonyl (C=O) groups excluding carboxylic acids is 1. The standard InChI is InChI=1S/C13H16F2O3/c1-13(2,3)18-11(17)7-10(16)8-5-4-6-9(14)12(8)15/h4-6,10,16H,7H2,1-3H3. The molecule has 0 aromatic heterocycles. The van der Waals surface area contributed by atoms with E-state index in [0.717, 1.165) is 6.07 Å². The highest BCUT2D eigenvalue weighted by Gasteiger charge is 2.22. The number of esters is 1. The second-order valence-corrected chi connectivity index (χ2v) is 4.95. The van der Waals surface area contributed by atoms with Crippen molar-refractivity contribution in [1.82, 2.24) is 0 Å². The van der Waals surface area contributed by atoms with Crippen LogP contribution in [-0.4, -0.2) is 16.7 Å². The fourth-order valence-corrected chi connectivity index (χ4v) is 1.43. The van der Waals surface area contributed by atoms with Crippen LogP contribution in [0.5, 0.6) is 0 Å². The lowest BCUT2D eigenvalue weighted by molar-refractivity contribution is -0.157. The second kappa shape index (κ2) is 5.44. The van der Waals surface area contributed by atoms with Crippen molar-refractivity contribution in [3.8, 4) is 0 Å². The summed E-state index contributed by atoms with van der Waals surface area (Å²) in [5.74, 6) is -2.87. The fourth-order valence-electron chi connectivity index (χ4n) is 1.43. The third-order valence-corrected chi connectivity index (χ3v) is 2.12. The summed E-state index contributed by atoms with van der Waals surface area (Å²) in [4.78, 5) is 11.4. The number of hydrogen-bond donors (Lipinski definition) is 1. The second-order valence-electron chi connectivity index (χ2n) is 4.95. The molecule has 3 nitrogen and oxygen atoms in total. The topological polar surface area (TPSA) is 46.5 Å². The first-order chi connectivity index (χ1) is 8.20. The Morgan fingerprint density at radius 1 is 1.39 bits per heavy atom. The maximum Gasteiger partial charge on any atom is 0.309 e. The average molecular weight is 258 g/mol. The van der Waals surface area contributed by atoms with Gasteiger partial charge in [-0.05, 0) is 26.8 Å². The molecule has 5 heteroatoms. The Balaban J connectivity index is 2.74. The average Bonchev–Trinajstić information content (AvgIpc) is 2.18. The maximum absolute atomic E-state index is 13.4. The van der Waals surface area contributed by atoms with Gasteiger partial charge in [-0.15, -0.1) is 0 Å². The Morgan fingerprint density at radius 2 is 2.00 bits per heavy atom. The molecule has 0 amide bonds. The van der Waals surface area contributed by atoms with E-state index < -0.39 is 35.7 Å². The minimum absolute atomic E-state index is 0.249. The Morgan fingerprint density at radius 3 is 2.56 bits per heavy atom. The lowest BCUT2D eigenvalue weighted by atomic mass is 10.1. The molecular formula is C13H16F2O3. The van der Waals surface area contributed by atoms with Gasteiger partial charge in [0.15, 0.2) is 11.6 Å². The Hall–Kier alpha value is -1.49. The largest absolute Gasteiger partial charge is 0.460 e. The minimum atomic E-state index is -1.42. The SMILES string of the molecule is CC(C)(C)OC(=O)CC(O)c1cccc(F)c1F. The quantitative estimate of drug-likeness (QED) is 0.848. The van der Waals surface area contributed by atoms with Crippen LogP contribution in [0.2, 0.25) is 0 Å². The molecule has 0 spiro atoms. The number of carbonyl (C=O) groups is 1. The van der Waals surface area contributed by atoms with Crippen molar-refractivity contribution in [2.24, 2.45) is 0 Å². The van der Waals surface area contributed by atoms with Crippen LogP contribution in [0.4, 0.5) is 8.78 Å². The van der Waals surface area contributed by atoms with Crippen molar-refractivity contribution in [3.05, 3.63) is 35.4 Å². The Kier molecular flexibility index (Phi) is 4.40. The summed E-state index contributed by atoms with van der Waals surface area (Å²) in [6.45, 7) is 5.04. The zero-order chi connectivity index (χ0) is 13.9. The van der Waals surface area contributed by atoms with Gasteiger partial charge in [0.2, 0.25) is 0 Å². The van der Waals surface area contributed by atoms with Gasteiger partial charge in [0.25, 0.3) is 0 Å². The van der Waals surface area contributed by atoms with Crippen LogP contribution < -0.4 is 0 Å². The number of halogens is 2. The maximum atomic E-state index is 13.4. The van der Waals surface area contributed by atoms with E-state index in [0.29, 0.717) is 0 Å². The molecule has 1 unspecified atom stereocenters. The molecule has 0 radical (unpaired) electrons. The number of rotatable bonds is 3. The fraction of sp³-hybridized carbons (Fsp3) is 0.462. The highest BCUT2D eigenvalue weighted by molar-refractivity contribution is 5.70. The van der Waals surface area contributed by atoms with E-state index in [1.807, 2.05) is 0 Å². The number of aliphatic hydroxyl groups is 1. The van der Waals surface area contributed by atoms with Gasteiger partial charge in [0, 0.05) is 5.56 Å². The van der Waals surface area contributed by atoms with E-state index in [2.05, 4.69) is 0 Å². The number of ether oxygens (including phenoxy) is 1. The zero-order valence-corrected chi connectivity index (χ0v) is 10.5. The number of aliphatic hydroxyl groups excluding tert-OH is 1. The zero-order valence-electron chi connectivity index (χ0n) is 10.5. The number of hydrogen-bond acceptors (Lipinski definition) is 3. The van der Waals surface area contributed by atoms with E-state index in [1.165, 1.54) is 12.1 Å². The summed E-state index contributed by atoms with van der Waals surface area (Å²) in [6.07, 6.45) is -1.84. The highest BCUT2D eigenvalue weighted by atomic mass is 19.2. The van der Waals surface area contributed by atoms with Crippen LogP contribution in [0, 0.1) is 11.6 Å². The Bertz CT molecular complexity index is 438. The molecule has 18 heavy (non-hydrogen) atoms. The van der Waals surface area contributed by atoms with Gasteiger partial charge in [0.05, 0.1) is 12.5 Å².